The second-order valence-corrected chi connectivity index (χ2v) is 3.42. The Morgan fingerprint density at radius 1 is 1.20 bits per heavy atom. The van der Waals surface area contributed by atoms with Crippen LogP contribution in [0.2, 0.25) is 0 Å². The molecular weight excluding hydrogens is 190 g/mol. The monoisotopic (exact) mass is 209 g/mol. The summed E-state index contributed by atoms with van der Waals surface area (Å²) in [4.78, 5) is 0. The fourth-order valence-corrected chi connectivity index (χ4v) is 1.24. The third-order valence-corrected chi connectivity index (χ3v) is 2.07. The van der Waals surface area contributed by atoms with Gasteiger partial charge >= 0.3 is 0 Å². The quantitative estimate of drug-likeness (QED) is 0.697. The highest BCUT2D eigenvalue weighted by molar-refractivity contribution is 5.20. The zero-order valence-electron chi connectivity index (χ0n) is 9.19. The molecule has 0 heterocycles. The molecule has 0 aliphatic rings. The fraction of sp³-hybridized carbons (Fsp3) is 0.500. The average Bonchev–Trinajstić information content (AvgIpc) is 2.26. The lowest BCUT2D eigenvalue weighted by Gasteiger charge is -2.12. The van der Waals surface area contributed by atoms with E-state index >= 15 is 0 Å². The zero-order chi connectivity index (χ0) is 10.9. The number of benzene rings is 1. The van der Waals surface area contributed by atoms with Gasteiger partial charge in [0.05, 0.1) is 12.7 Å². The molecule has 1 aromatic carbocycles. The van der Waals surface area contributed by atoms with E-state index in [1.54, 1.807) is 0 Å². The number of rotatable bonds is 7. The minimum Gasteiger partial charge on any atom is -0.491 e. The second-order valence-electron chi connectivity index (χ2n) is 3.42. The fourth-order valence-electron chi connectivity index (χ4n) is 1.24. The van der Waals surface area contributed by atoms with Crippen molar-refractivity contribution in [1.29, 1.82) is 0 Å². The molecule has 84 valence electrons. The molecule has 0 saturated carbocycles. The van der Waals surface area contributed by atoms with Crippen LogP contribution in [0, 0.1) is 0 Å². The van der Waals surface area contributed by atoms with Crippen molar-refractivity contribution in [2.45, 2.75) is 19.4 Å². The van der Waals surface area contributed by atoms with Crippen LogP contribution in [0.4, 0.5) is 0 Å². The molecule has 0 bridgehead atoms. The summed E-state index contributed by atoms with van der Waals surface area (Å²) in [6.07, 6.45) is 1.11. The number of nitrogens with two attached hydrogens (primary N) is 1. The normalized spacial score (nSPS) is 12.4. The summed E-state index contributed by atoms with van der Waals surface area (Å²) in [7, 11) is 0. The van der Waals surface area contributed by atoms with Crippen LogP contribution >= 0.6 is 0 Å². The van der Waals surface area contributed by atoms with E-state index in [1.165, 1.54) is 0 Å². The molecule has 0 aliphatic carbocycles. The predicted molar refractivity (Wildman–Crippen MR) is 61.0 cm³/mol. The van der Waals surface area contributed by atoms with Gasteiger partial charge in [-0.25, -0.2) is 0 Å². The van der Waals surface area contributed by atoms with E-state index in [-0.39, 0.29) is 6.10 Å². The van der Waals surface area contributed by atoms with Crippen LogP contribution in [0.1, 0.15) is 13.3 Å². The smallest absolute Gasteiger partial charge is 0.119 e. The first-order valence-electron chi connectivity index (χ1n) is 5.32. The van der Waals surface area contributed by atoms with E-state index in [0.717, 1.165) is 12.2 Å². The van der Waals surface area contributed by atoms with E-state index in [2.05, 4.69) is 0 Å². The Bertz CT molecular complexity index is 251. The lowest BCUT2D eigenvalue weighted by Crippen LogP contribution is -2.17. The zero-order valence-corrected chi connectivity index (χ0v) is 9.19. The van der Waals surface area contributed by atoms with Crippen molar-refractivity contribution in [3.63, 3.8) is 0 Å². The molecule has 0 fully saturated rings. The second kappa shape index (κ2) is 7.26. The van der Waals surface area contributed by atoms with Crippen LogP contribution in [0.15, 0.2) is 30.3 Å². The lowest BCUT2D eigenvalue weighted by atomic mass is 10.3. The van der Waals surface area contributed by atoms with Gasteiger partial charge in [-0.1, -0.05) is 18.2 Å². The van der Waals surface area contributed by atoms with Crippen LogP contribution in [0.5, 0.6) is 5.75 Å². The highest BCUT2D eigenvalue weighted by Crippen LogP contribution is 2.07. The molecule has 3 nitrogen and oxygen atoms in total. The highest BCUT2D eigenvalue weighted by Gasteiger charge is 1.99. The van der Waals surface area contributed by atoms with Gasteiger partial charge in [0, 0.05) is 0 Å². The largest absolute Gasteiger partial charge is 0.491 e. The molecule has 3 heteroatoms. The Balaban J connectivity index is 2.07. The Hall–Kier alpha value is -1.06. The molecule has 0 amide bonds. The molecule has 1 unspecified atom stereocenters. The molecule has 1 atom stereocenters. The Labute approximate surface area is 91.2 Å². The molecule has 0 saturated heterocycles. The summed E-state index contributed by atoms with van der Waals surface area (Å²) in [6.45, 7) is 3.88. The minimum atomic E-state index is 0.217. The molecule has 0 radical (unpaired) electrons. The summed E-state index contributed by atoms with van der Waals surface area (Å²) in [5.74, 6) is 0.882. The molecule has 0 spiro atoms. The molecule has 15 heavy (non-hydrogen) atoms. The Kier molecular flexibility index (Phi) is 5.81. The maximum atomic E-state index is 5.50. The van der Waals surface area contributed by atoms with E-state index in [4.69, 9.17) is 15.2 Å². The average molecular weight is 209 g/mol. The van der Waals surface area contributed by atoms with E-state index in [9.17, 15) is 0 Å². The van der Waals surface area contributed by atoms with Crippen molar-refractivity contribution in [2.75, 3.05) is 19.8 Å². The molecule has 2 N–H and O–H groups in total. The van der Waals surface area contributed by atoms with Gasteiger partial charge in [-0.3, -0.25) is 0 Å². The van der Waals surface area contributed by atoms with E-state index in [1.807, 2.05) is 37.3 Å². The van der Waals surface area contributed by atoms with Crippen molar-refractivity contribution < 1.29 is 9.47 Å². The van der Waals surface area contributed by atoms with E-state index < -0.39 is 0 Å². The van der Waals surface area contributed by atoms with Crippen molar-refractivity contribution in [3.05, 3.63) is 30.3 Å². The number of hydrogen-bond donors (Lipinski definition) is 1. The van der Waals surface area contributed by atoms with Gasteiger partial charge in [0.2, 0.25) is 0 Å². The van der Waals surface area contributed by atoms with Gasteiger partial charge < -0.3 is 15.2 Å². The first-order valence-corrected chi connectivity index (χ1v) is 5.32. The molecular formula is C12H19NO2. The molecule has 1 rings (SSSR count). The van der Waals surface area contributed by atoms with Crippen molar-refractivity contribution in [1.82, 2.24) is 0 Å². The third kappa shape index (κ3) is 5.40. The standard InChI is InChI=1S/C12H19NO2/c1-11(7-8-13)14-9-10-15-12-5-3-2-4-6-12/h2-6,11H,7-10,13H2,1H3. The minimum absolute atomic E-state index is 0.217. The molecule has 1 aromatic rings. The van der Waals surface area contributed by atoms with Crippen molar-refractivity contribution in [2.24, 2.45) is 5.73 Å². The van der Waals surface area contributed by atoms with Gasteiger partial charge in [-0.2, -0.15) is 0 Å². The summed E-state index contributed by atoms with van der Waals surface area (Å²) in [6, 6.07) is 9.74. The number of ether oxygens (including phenoxy) is 2. The highest BCUT2D eigenvalue weighted by atomic mass is 16.5. The predicted octanol–water partition coefficient (Wildman–Crippen LogP) is 1.82. The van der Waals surface area contributed by atoms with Gasteiger partial charge in [0.25, 0.3) is 0 Å². The van der Waals surface area contributed by atoms with Gasteiger partial charge in [-0.05, 0) is 32.0 Å². The van der Waals surface area contributed by atoms with Crippen molar-refractivity contribution >= 4 is 0 Å². The SMILES string of the molecule is CC(CCN)OCCOc1ccccc1. The van der Waals surface area contributed by atoms with E-state index in [0.29, 0.717) is 19.8 Å². The Morgan fingerprint density at radius 2 is 1.93 bits per heavy atom. The van der Waals surface area contributed by atoms with Crippen LogP contribution < -0.4 is 10.5 Å². The van der Waals surface area contributed by atoms with Gasteiger partial charge in [0.1, 0.15) is 12.4 Å². The maximum absolute atomic E-state index is 5.50. The van der Waals surface area contributed by atoms with Gasteiger partial charge in [-0.15, -0.1) is 0 Å². The van der Waals surface area contributed by atoms with Crippen LogP contribution in [-0.2, 0) is 4.74 Å². The summed E-state index contributed by atoms with van der Waals surface area (Å²) < 4.78 is 11.0. The molecule has 0 aromatic heterocycles. The third-order valence-electron chi connectivity index (χ3n) is 2.07. The number of hydrogen-bond acceptors (Lipinski definition) is 3. The first-order chi connectivity index (χ1) is 7.33. The lowest BCUT2D eigenvalue weighted by molar-refractivity contribution is 0.0413. The maximum Gasteiger partial charge on any atom is 0.119 e. The van der Waals surface area contributed by atoms with Crippen LogP contribution in [0.25, 0.3) is 0 Å². The van der Waals surface area contributed by atoms with Crippen LogP contribution in [-0.4, -0.2) is 25.9 Å². The first kappa shape index (κ1) is 12.0. The van der Waals surface area contributed by atoms with Crippen molar-refractivity contribution in [3.8, 4) is 5.75 Å². The topological polar surface area (TPSA) is 44.5 Å². The molecule has 0 aliphatic heterocycles. The summed E-state index contributed by atoms with van der Waals surface area (Å²) in [5, 5.41) is 0. The Morgan fingerprint density at radius 3 is 2.60 bits per heavy atom. The number of para-hydroxylation sites is 1. The van der Waals surface area contributed by atoms with Gasteiger partial charge in [0.15, 0.2) is 0 Å². The summed E-state index contributed by atoms with van der Waals surface area (Å²) in [5.41, 5.74) is 5.41. The van der Waals surface area contributed by atoms with Crippen LogP contribution in [0.3, 0.4) is 0 Å². The summed E-state index contributed by atoms with van der Waals surface area (Å²) >= 11 is 0.